The smallest absolute Gasteiger partial charge is 0.0236 e. The Hall–Kier alpha value is -0.510. The number of rotatable bonds is 7. The molecule has 20 heavy (non-hydrogen) atoms. The van der Waals surface area contributed by atoms with E-state index in [0.717, 1.165) is 32.2 Å². The molecule has 0 saturated carbocycles. The zero-order valence-electron chi connectivity index (χ0n) is 12.9. The zero-order valence-corrected chi connectivity index (χ0v) is 13.7. The number of nitrogens with one attached hydrogen (secondary N) is 1. The second-order valence-electron chi connectivity index (χ2n) is 5.50. The van der Waals surface area contributed by atoms with E-state index in [0.29, 0.717) is 0 Å². The maximum absolute atomic E-state index is 3.76. The van der Waals surface area contributed by atoms with Gasteiger partial charge in [0.05, 0.1) is 0 Å². The van der Waals surface area contributed by atoms with E-state index in [1.54, 1.807) is 0 Å². The highest BCUT2D eigenvalue weighted by Gasteiger charge is 2.13. The van der Waals surface area contributed by atoms with Gasteiger partial charge in [-0.05, 0) is 48.6 Å². The van der Waals surface area contributed by atoms with E-state index >= 15 is 0 Å². The largest absolute Gasteiger partial charge is 0.310 e. The average Bonchev–Trinajstić information content (AvgIpc) is 2.52. The first kappa shape index (κ1) is 15.9. The summed E-state index contributed by atoms with van der Waals surface area (Å²) in [7, 11) is 0. The lowest BCUT2D eigenvalue weighted by atomic mass is 10.1. The fourth-order valence-electron chi connectivity index (χ4n) is 2.73. The van der Waals surface area contributed by atoms with Gasteiger partial charge in [-0.25, -0.2) is 0 Å². The van der Waals surface area contributed by atoms with Gasteiger partial charge >= 0.3 is 0 Å². The number of thioether (sulfide) groups is 1. The lowest BCUT2D eigenvalue weighted by Gasteiger charge is -2.24. The van der Waals surface area contributed by atoms with Gasteiger partial charge in [0.25, 0.3) is 0 Å². The Morgan fingerprint density at radius 3 is 2.40 bits per heavy atom. The van der Waals surface area contributed by atoms with E-state index < -0.39 is 0 Å². The Bertz CT molecular complexity index is 384. The van der Waals surface area contributed by atoms with Crippen LogP contribution in [0.15, 0.2) is 24.3 Å². The predicted octanol–water partition coefficient (Wildman–Crippen LogP) is 3.51. The Kier molecular flexibility index (Phi) is 6.91. The van der Waals surface area contributed by atoms with E-state index in [4.69, 9.17) is 0 Å². The van der Waals surface area contributed by atoms with E-state index in [2.05, 4.69) is 60.1 Å². The topological polar surface area (TPSA) is 15.3 Å². The maximum Gasteiger partial charge on any atom is 0.0236 e. The van der Waals surface area contributed by atoms with Crippen LogP contribution < -0.4 is 5.32 Å². The molecule has 1 aromatic rings. The maximum atomic E-state index is 3.76. The molecule has 2 nitrogen and oxygen atoms in total. The fourth-order valence-corrected chi connectivity index (χ4v) is 3.83. The highest BCUT2D eigenvalue weighted by molar-refractivity contribution is 7.99. The van der Waals surface area contributed by atoms with Crippen LogP contribution in [-0.4, -0.2) is 35.5 Å². The van der Waals surface area contributed by atoms with Gasteiger partial charge in [-0.3, -0.25) is 4.90 Å². The molecule has 112 valence electrons. The first-order valence-corrected chi connectivity index (χ1v) is 9.09. The monoisotopic (exact) mass is 292 g/mol. The number of hydrogen-bond acceptors (Lipinski definition) is 3. The molecule has 1 aliphatic heterocycles. The SMILES string of the molecule is CCN(CC)Cc1ccccc1CNC1CCSCC1. The third kappa shape index (κ3) is 4.80. The lowest BCUT2D eigenvalue weighted by molar-refractivity contribution is 0.294. The molecule has 1 aromatic carbocycles. The molecule has 0 aliphatic carbocycles. The van der Waals surface area contributed by atoms with Crippen molar-refractivity contribution in [1.82, 2.24) is 10.2 Å². The van der Waals surface area contributed by atoms with Crippen molar-refractivity contribution >= 4 is 11.8 Å². The van der Waals surface area contributed by atoms with Crippen LogP contribution in [0.5, 0.6) is 0 Å². The molecular formula is C17H28N2S. The molecule has 1 aliphatic rings. The summed E-state index contributed by atoms with van der Waals surface area (Å²) in [6.45, 7) is 8.82. The van der Waals surface area contributed by atoms with E-state index in [9.17, 15) is 0 Å². The minimum atomic E-state index is 0.720. The Morgan fingerprint density at radius 1 is 1.10 bits per heavy atom. The van der Waals surface area contributed by atoms with Gasteiger partial charge < -0.3 is 5.32 Å². The number of hydrogen-bond donors (Lipinski definition) is 1. The van der Waals surface area contributed by atoms with Gasteiger partial charge in [-0.15, -0.1) is 0 Å². The van der Waals surface area contributed by atoms with Crippen molar-refractivity contribution in [2.45, 2.75) is 45.8 Å². The van der Waals surface area contributed by atoms with Crippen molar-refractivity contribution in [2.24, 2.45) is 0 Å². The van der Waals surface area contributed by atoms with Crippen LogP contribution >= 0.6 is 11.8 Å². The first-order chi connectivity index (χ1) is 9.83. The predicted molar refractivity (Wildman–Crippen MR) is 90.3 cm³/mol. The number of benzene rings is 1. The summed E-state index contributed by atoms with van der Waals surface area (Å²) in [5, 5.41) is 3.76. The molecular weight excluding hydrogens is 264 g/mol. The van der Waals surface area contributed by atoms with Gasteiger partial charge in [0.15, 0.2) is 0 Å². The van der Waals surface area contributed by atoms with Gasteiger partial charge in [0.1, 0.15) is 0 Å². The second kappa shape index (κ2) is 8.71. The van der Waals surface area contributed by atoms with Gasteiger partial charge in [-0.2, -0.15) is 11.8 Å². The van der Waals surface area contributed by atoms with Crippen molar-refractivity contribution in [3.8, 4) is 0 Å². The Labute approximate surface area is 128 Å². The summed E-state index contributed by atoms with van der Waals surface area (Å²) >= 11 is 2.09. The van der Waals surface area contributed by atoms with E-state index in [1.807, 2.05) is 0 Å². The highest BCUT2D eigenvalue weighted by Crippen LogP contribution is 2.18. The summed E-state index contributed by atoms with van der Waals surface area (Å²) in [5.74, 6) is 2.64. The van der Waals surface area contributed by atoms with Crippen LogP contribution in [0.4, 0.5) is 0 Å². The normalized spacial score (nSPS) is 16.8. The molecule has 1 fully saturated rings. The Morgan fingerprint density at radius 2 is 1.75 bits per heavy atom. The molecule has 0 atom stereocenters. The highest BCUT2D eigenvalue weighted by atomic mass is 32.2. The van der Waals surface area contributed by atoms with Crippen molar-refractivity contribution in [3.63, 3.8) is 0 Å². The summed E-state index contributed by atoms with van der Waals surface area (Å²) in [6, 6.07) is 9.62. The third-order valence-corrected chi connectivity index (χ3v) is 5.26. The number of nitrogens with zero attached hydrogens (tertiary/aromatic N) is 1. The minimum Gasteiger partial charge on any atom is -0.310 e. The van der Waals surface area contributed by atoms with Crippen molar-refractivity contribution in [2.75, 3.05) is 24.6 Å². The third-order valence-electron chi connectivity index (χ3n) is 4.21. The summed E-state index contributed by atoms with van der Waals surface area (Å²) in [6.07, 6.45) is 2.64. The van der Waals surface area contributed by atoms with Crippen LogP contribution in [0.2, 0.25) is 0 Å². The molecule has 0 unspecified atom stereocenters. The molecule has 1 saturated heterocycles. The molecule has 0 radical (unpaired) electrons. The average molecular weight is 292 g/mol. The summed E-state index contributed by atoms with van der Waals surface area (Å²) < 4.78 is 0. The molecule has 1 N–H and O–H groups in total. The van der Waals surface area contributed by atoms with Crippen molar-refractivity contribution in [3.05, 3.63) is 35.4 Å². The van der Waals surface area contributed by atoms with Crippen LogP contribution in [0.3, 0.4) is 0 Å². The quantitative estimate of drug-likeness (QED) is 0.828. The molecule has 0 amide bonds. The molecule has 3 heteroatoms. The molecule has 0 spiro atoms. The second-order valence-corrected chi connectivity index (χ2v) is 6.72. The first-order valence-electron chi connectivity index (χ1n) is 7.93. The van der Waals surface area contributed by atoms with Crippen LogP contribution in [0.1, 0.15) is 37.8 Å². The summed E-state index contributed by atoms with van der Waals surface area (Å²) in [5.41, 5.74) is 2.95. The Balaban J connectivity index is 1.92. The van der Waals surface area contributed by atoms with Gasteiger partial charge in [0.2, 0.25) is 0 Å². The van der Waals surface area contributed by atoms with Crippen LogP contribution in [0, 0.1) is 0 Å². The van der Waals surface area contributed by atoms with Crippen LogP contribution in [0.25, 0.3) is 0 Å². The zero-order chi connectivity index (χ0) is 14.2. The van der Waals surface area contributed by atoms with Gasteiger partial charge in [0, 0.05) is 19.1 Å². The van der Waals surface area contributed by atoms with Crippen molar-refractivity contribution < 1.29 is 0 Å². The molecule has 0 bridgehead atoms. The minimum absolute atomic E-state index is 0.720. The lowest BCUT2D eigenvalue weighted by Crippen LogP contribution is -2.32. The molecule has 2 rings (SSSR count). The summed E-state index contributed by atoms with van der Waals surface area (Å²) in [4.78, 5) is 2.48. The van der Waals surface area contributed by atoms with Gasteiger partial charge in [-0.1, -0.05) is 38.1 Å². The van der Waals surface area contributed by atoms with E-state index in [1.165, 1.54) is 35.5 Å². The standard InChI is InChI=1S/C17H28N2S/c1-3-19(4-2)14-16-8-6-5-7-15(16)13-18-17-9-11-20-12-10-17/h5-8,17-18H,3-4,9-14H2,1-2H3. The van der Waals surface area contributed by atoms with Crippen LogP contribution in [-0.2, 0) is 13.1 Å². The van der Waals surface area contributed by atoms with E-state index in [-0.39, 0.29) is 0 Å². The van der Waals surface area contributed by atoms with Crippen molar-refractivity contribution in [1.29, 1.82) is 0 Å². The molecule has 0 aromatic heterocycles. The fraction of sp³-hybridized carbons (Fsp3) is 0.647. The molecule has 1 heterocycles.